The fourth-order valence-corrected chi connectivity index (χ4v) is 2.48. The van der Waals surface area contributed by atoms with E-state index in [2.05, 4.69) is 4.98 Å². The van der Waals surface area contributed by atoms with Crippen molar-refractivity contribution in [1.82, 2.24) is 9.55 Å². The molecule has 1 aromatic heterocycles. The summed E-state index contributed by atoms with van der Waals surface area (Å²) in [7, 11) is -1.11. The molecule has 5 nitrogen and oxygen atoms in total. The average Bonchev–Trinajstić information content (AvgIpc) is 2.59. The summed E-state index contributed by atoms with van der Waals surface area (Å²) in [6.45, 7) is 4.19. The van der Waals surface area contributed by atoms with Gasteiger partial charge in [0.2, 0.25) is 0 Å². The number of aliphatic carboxylic acids is 1. The van der Waals surface area contributed by atoms with Gasteiger partial charge in [-0.15, -0.1) is 0 Å². The molecule has 0 radical (unpaired) electrons. The minimum atomic E-state index is -1.11. The Hall–Kier alpha value is -1.17. The van der Waals surface area contributed by atoms with E-state index in [1.165, 1.54) is 0 Å². The fourth-order valence-electron chi connectivity index (χ4n) is 1.37. The highest BCUT2D eigenvalue weighted by Gasteiger charge is 2.14. The predicted molar refractivity (Wildman–Crippen MR) is 61.7 cm³/mol. The summed E-state index contributed by atoms with van der Waals surface area (Å²) in [4.78, 5) is 14.5. The van der Waals surface area contributed by atoms with Crippen LogP contribution in [0, 0.1) is 6.92 Å². The summed E-state index contributed by atoms with van der Waals surface area (Å²) in [5.41, 5.74) is 0. The molecule has 0 spiro atoms. The number of carbonyl (C=O) groups is 1. The highest BCUT2D eigenvalue weighted by molar-refractivity contribution is 7.85. The topological polar surface area (TPSA) is 72.2 Å². The first-order valence-corrected chi connectivity index (χ1v) is 6.45. The molecule has 0 aliphatic heterocycles. The van der Waals surface area contributed by atoms with Crippen molar-refractivity contribution in [2.24, 2.45) is 0 Å². The van der Waals surface area contributed by atoms with Gasteiger partial charge in [-0.2, -0.15) is 0 Å². The lowest BCUT2D eigenvalue weighted by atomic mass is 10.3. The molecule has 0 saturated carbocycles. The molecule has 1 N–H and O–H groups in total. The SMILES string of the molecule is Cc1nccn1CCS(=O)C(C)CC(=O)O. The van der Waals surface area contributed by atoms with Crippen molar-refractivity contribution in [2.75, 3.05) is 5.75 Å². The van der Waals surface area contributed by atoms with Gasteiger partial charge in [-0.1, -0.05) is 6.92 Å². The number of nitrogens with zero attached hydrogens (tertiary/aromatic N) is 2. The Bertz CT molecular complexity index is 389. The molecule has 0 aliphatic rings. The molecule has 1 heterocycles. The summed E-state index contributed by atoms with van der Waals surface area (Å²) in [6, 6.07) is 0. The molecule has 2 unspecified atom stereocenters. The standard InChI is InChI=1S/C10H16N2O3S/c1-8(7-10(13)14)16(15)6-5-12-4-3-11-9(12)2/h3-4,8H,5-7H2,1-2H3,(H,13,14). The molecular weight excluding hydrogens is 228 g/mol. The molecular formula is C10H16N2O3S. The van der Waals surface area contributed by atoms with Crippen LogP contribution in [0.4, 0.5) is 0 Å². The van der Waals surface area contributed by atoms with Gasteiger partial charge in [0.1, 0.15) is 5.82 Å². The molecule has 16 heavy (non-hydrogen) atoms. The quantitative estimate of drug-likeness (QED) is 0.803. The number of rotatable bonds is 6. The van der Waals surface area contributed by atoms with Gasteiger partial charge >= 0.3 is 5.97 Å². The Balaban J connectivity index is 2.41. The molecule has 0 saturated heterocycles. The first-order chi connectivity index (χ1) is 7.50. The van der Waals surface area contributed by atoms with Crippen LogP contribution >= 0.6 is 0 Å². The molecule has 2 atom stereocenters. The second-order valence-electron chi connectivity index (χ2n) is 3.66. The van der Waals surface area contributed by atoms with E-state index >= 15 is 0 Å². The minimum absolute atomic E-state index is 0.0461. The van der Waals surface area contributed by atoms with E-state index in [0.717, 1.165) is 5.82 Å². The van der Waals surface area contributed by atoms with Gasteiger partial charge in [-0.05, 0) is 6.92 Å². The highest BCUT2D eigenvalue weighted by atomic mass is 32.2. The van der Waals surface area contributed by atoms with Crippen LogP contribution in [-0.2, 0) is 22.1 Å². The lowest BCUT2D eigenvalue weighted by Crippen LogP contribution is -2.20. The highest BCUT2D eigenvalue weighted by Crippen LogP contribution is 2.04. The Morgan fingerprint density at radius 2 is 2.38 bits per heavy atom. The third kappa shape index (κ3) is 3.77. The maximum atomic E-state index is 11.7. The van der Waals surface area contributed by atoms with E-state index in [9.17, 15) is 9.00 Å². The van der Waals surface area contributed by atoms with E-state index in [4.69, 9.17) is 5.11 Å². The maximum absolute atomic E-state index is 11.7. The van der Waals surface area contributed by atoms with Gasteiger partial charge in [-0.3, -0.25) is 9.00 Å². The Labute approximate surface area is 97.0 Å². The molecule has 0 amide bonds. The normalized spacial score (nSPS) is 14.6. The second kappa shape index (κ2) is 5.79. The molecule has 0 fully saturated rings. The predicted octanol–water partition coefficient (Wildman–Crippen LogP) is 0.803. The van der Waals surface area contributed by atoms with Crippen molar-refractivity contribution in [2.45, 2.75) is 32.1 Å². The fraction of sp³-hybridized carbons (Fsp3) is 0.600. The van der Waals surface area contributed by atoms with E-state index in [-0.39, 0.29) is 11.7 Å². The molecule has 6 heteroatoms. The van der Waals surface area contributed by atoms with Crippen molar-refractivity contribution in [3.8, 4) is 0 Å². The van der Waals surface area contributed by atoms with Crippen LogP contribution in [0.25, 0.3) is 0 Å². The number of carboxylic acid groups (broad SMARTS) is 1. The molecule has 0 bridgehead atoms. The third-order valence-corrected chi connectivity index (χ3v) is 4.02. The van der Waals surface area contributed by atoms with Crippen LogP contribution < -0.4 is 0 Å². The zero-order valence-electron chi connectivity index (χ0n) is 9.42. The Morgan fingerprint density at radius 1 is 1.69 bits per heavy atom. The summed E-state index contributed by atoms with van der Waals surface area (Å²) in [6.07, 6.45) is 3.48. The smallest absolute Gasteiger partial charge is 0.304 e. The number of hydrogen-bond donors (Lipinski definition) is 1. The first kappa shape index (κ1) is 12.9. The number of aromatic nitrogens is 2. The first-order valence-electron chi connectivity index (χ1n) is 5.07. The van der Waals surface area contributed by atoms with Crippen LogP contribution in [0.2, 0.25) is 0 Å². The van der Waals surface area contributed by atoms with Gasteiger partial charge in [0.15, 0.2) is 0 Å². The lowest BCUT2D eigenvalue weighted by molar-refractivity contribution is -0.136. The molecule has 1 aromatic rings. The van der Waals surface area contributed by atoms with Crippen molar-refractivity contribution in [3.05, 3.63) is 18.2 Å². The van der Waals surface area contributed by atoms with Gasteiger partial charge < -0.3 is 9.67 Å². The summed E-state index contributed by atoms with van der Waals surface area (Å²) in [5, 5.41) is 8.28. The molecule has 0 aliphatic carbocycles. The van der Waals surface area contributed by atoms with E-state index in [0.29, 0.717) is 12.3 Å². The second-order valence-corrected chi connectivity index (χ2v) is 5.64. The molecule has 90 valence electrons. The summed E-state index contributed by atoms with van der Waals surface area (Å²) >= 11 is 0. The minimum Gasteiger partial charge on any atom is -0.481 e. The van der Waals surface area contributed by atoms with Crippen LogP contribution in [0.5, 0.6) is 0 Å². The van der Waals surface area contributed by atoms with Crippen LogP contribution in [0.15, 0.2) is 12.4 Å². The Kier molecular flexibility index (Phi) is 4.67. The Morgan fingerprint density at radius 3 is 2.88 bits per heavy atom. The van der Waals surface area contributed by atoms with Gasteiger partial charge in [-0.25, -0.2) is 4.98 Å². The third-order valence-electron chi connectivity index (χ3n) is 2.37. The van der Waals surface area contributed by atoms with Gasteiger partial charge in [0.25, 0.3) is 0 Å². The van der Waals surface area contributed by atoms with Crippen LogP contribution in [0.3, 0.4) is 0 Å². The van der Waals surface area contributed by atoms with E-state index < -0.39 is 16.8 Å². The van der Waals surface area contributed by atoms with Gasteiger partial charge in [0, 0.05) is 40.7 Å². The summed E-state index contributed by atoms with van der Waals surface area (Å²) in [5.74, 6) is 0.439. The van der Waals surface area contributed by atoms with Crippen molar-refractivity contribution in [1.29, 1.82) is 0 Å². The lowest BCUT2D eigenvalue weighted by Gasteiger charge is -2.09. The largest absolute Gasteiger partial charge is 0.481 e. The average molecular weight is 244 g/mol. The summed E-state index contributed by atoms with van der Waals surface area (Å²) < 4.78 is 13.6. The molecule has 1 rings (SSSR count). The van der Waals surface area contributed by atoms with Gasteiger partial charge in [0.05, 0.1) is 6.42 Å². The van der Waals surface area contributed by atoms with Crippen LogP contribution in [-0.4, -0.2) is 35.8 Å². The number of imidazole rings is 1. The van der Waals surface area contributed by atoms with E-state index in [1.54, 1.807) is 13.1 Å². The van der Waals surface area contributed by atoms with Crippen LogP contribution in [0.1, 0.15) is 19.2 Å². The monoisotopic (exact) mass is 244 g/mol. The van der Waals surface area contributed by atoms with Crippen molar-refractivity contribution < 1.29 is 14.1 Å². The molecule has 0 aromatic carbocycles. The number of carboxylic acids is 1. The zero-order valence-corrected chi connectivity index (χ0v) is 10.2. The zero-order chi connectivity index (χ0) is 12.1. The van der Waals surface area contributed by atoms with Crippen molar-refractivity contribution >= 4 is 16.8 Å². The van der Waals surface area contributed by atoms with Crippen molar-refractivity contribution in [3.63, 3.8) is 0 Å². The number of aryl methyl sites for hydroxylation is 2. The van der Waals surface area contributed by atoms with E-state index in [1.807, 2.05) is 17.7 Å². The number of hydrogen-bond acceptors (Lipinski definition) is 3. The maximum Gasteiger partial charge on any atom is 0.304 e.